The third-order valence-corrected chi connectivity index (χ3v) is 11.7. The summed E-state index contributed by atoms with van der Waals surface area (Å²) in [7, 11) is 0. The fraction of sp³-hybridized carbons (Fsp3) is 0.651. The summed E-state index contributed by atoms with van der Waals surface area (Å²) < 4.78 is 6.01. The molecule has 2 heterocycles. The lowest BCUT2D eigenvalue weighted by molar-refractivity contribution is -0.143. The zero-order chi connectivity index (χ0) is 40.0. The molecule has 1 aromatic rings. The molecule has 2 aliphatic carbocycles. The molecule has 2 saturated carbocycles. The van der Waals surface area contributed by atoms with Crippen LogP contribution in [0.3, 0.4) is 0 Å². The Bertz CT molecular complexity index is 1640. The second-order valence-corrected chi connectivity index (χ2v) is 17.5. The second kappa shape index (κ2) is 18.1. The maximum absolute atomic E-state index is 14.6. The summed E-state index contributed by atoms with van der Waals surface area (Å²) in [6, 6.07) is 4.36. The van der Waals surface area contributed by atoms with E-state index in [1.54, 1.807) is 31.7 Å². The number of nitrogens with one attached hydrogen (secondary N) is 2. The van der Waals surface area contributed by atoms with Crippen molar-refractivity contribution in [3.63, 3.8) is 0 Å². The van der Waals surface area contributed by atoms with Crippen molar-refractivity contribution in [3.05, 3.63) is 48.0 Å². The highest BCUT2D eigenvalue weighted by atomic mass is 16.6. The Balaban J connectivity index is 1.36. The number of urea groups is 1. The van der Waals surface area contributed by atoms with Crippen molar-refractivity contribution in [1.29, 1.82) is 0 Å². The van der Waals surface area contributed by atoms with E-state index >= 15 is 0 Å². The summed E-state index contributed by atoms with van der Waals surface area (Å²) in [5.74, 6) is -2.86. The van der Waals surface area contributed by atoms with E-state index < -0.39 is 65.2 Å². The highest BCUT2D eigenvalue weighted by Crippen LogP contribution is 2.36. The minimum Gasteiger partial charge on any atom is -0.444 e. The van der Waals surface area contributed by atoms with E-state index in [0.29, 0.717) is 32.4 Å². The summed E-state index contributed by atoms with van der Waals surface area (Å²) in [5.41, 5.74) is 1.37. The number of hydrogen-bond donors (Lipinski definition) is 2. The van der Waals surface area contributed by atoms with E-state index in [2.05, 4.69) is 17.2 Å². The van der Waals surface area contributed by atoms with Crippen molar-refractivity contribution >= 4 is 41.2 Å². The number of Topliss-reactive ketones (excluding diaryl/α,β-unsaturated/α-hetero) is 4. The first-order chi connectivity index (χ1) is 26.1. The van der Waals surface area contributed by atoms with Crippen molar-refractivity contribution in [2.45, 2.75) is 136 Å². The van der Waals surface area contributed by atoms with Crippen molar-refractivity contribution in [3.8, 4) is 0 Å². The molecule has 0 aromatic heterocycles. The standard InChI is InChI=1S/C43H60N4O8/c1-7-8-16-34(48)37(50)31(21-27-12-11-13-27)22-35(49)33-23-32(55-42(54)46-20-19-28-14-9-10-15-30(28)24-46)25-47(33)40(52)39(43(4,5)6)45-41(53)44-36(26(2)3)38(51)29-17-18-29/h7,9-10,14-15,26-27,29,31-33,36,39H,1,8,11-13,16-25H2,2-6H3,(H2,44,45,53)/t31?,32-,33+,36+,39-/m1/s1. The van der Waals surface area contributed by atoms with Gasteiger partial charge in [0.2, 0.25) is 11.7 Å². The molecule has 2 aliphatic heterocycles. The molecule has 4 amide bonds. The van der Waals surface area contributed by atoms with Gasteiger partial charge in [-0.25, -0.2) is 9.59 Å². The first kappa shape index (κ1) is 41.8. The lowest BCUT2D eigenvalue weighted by Gasteiger charge is -2.36. The van der Waals surface area contributed by atoms with Gasteiger partial charge in [0.15, 0.2) is 17.3 Å². The van der Waals surface area contributed by atoms with Gasteiger partial charge in [0.25, 0.3) is 0 Å². The maximum Gasteiger partial charge on any atom is 0.410 e. The molecule has 3 fully saturated rings. The third kappa shape index (κ3) is 10.7. The lowest BCUT2D eigenvalue weighted by Crippen LogP contribution is -2.60. The van der Waals surface area contributed by atoms with Crippen LogP contribution in [0.4, 0.5) is 9.59 Å². The third-order valence-electron chi connectivity index (χ3n) is 11.7. The van der Waals surface area contributed by atoms with Crippen LogP contribution in [0.5, 0.6) is 0 Å². The molecule has 4 aliphatic rings. The second-order valence-electron chi connectivity index (χ2n) is 17.5. The molecular formula is C43H60N4O8. The Morgan fingerprint density at radius 1 is 0.982 bits per heavy atom. The molecule has 0 radical (unpaired) electrons. The molecule has 5 atom stereocenters. The number of fused-ring (bicyclic) bond motifs is 1. The number of hydrogen-bond acceptors (Lipinski definition) is 8. The molecule has 55 heavy (non-hydrogen) atoms. The summed E-state index contributed by atoms with van der Waals surface area (Å²) >= 11 is 0. The number of likely N-dealkylation sites (tertiary alicyclic amines) is 1. The lowest BCUT2D eigenvalue weighted by atomic mass is 9.75. The fourth-order valence-corrected chi connectivity index (χ4v) is 7.99. The first-order valence-corrected chi connectivity index (χ1v) is 20.2. The van der Waals surface area contributed by atoms with Gasteiger partial charge in [-0.1, -0.05) is 84.2 Å². The van der Waals surface area contributed by atoms with E-state index in [1.165, 1.54) is 10.5 Å². The highest BCUT2D eigenvalue weighted by molar-refractivity contribution is 6.38. The zero-order valence-electron chi connectivity index (χ0n) is 33.3. The minimum atomic E-state index is -1.12. The minimum absolute atomic E-state index is 0.0177. The van der Waals surface area contributed by atoms with E-state index in [0.717, 1.165) is 37.7 Å². The summed E-state index contributed by atoms with van der Waals surface area (Å²) in [4.78, 5) is 98.4. The van der Waals surface area contributed by atoms with Gasteiger partial charge in [-0.15, -0.1) is 6.58 Å². The number of nitrogens with zero attached hydrogens (tertiary/aromatic N) is 2. The van der Waals surface area contributed by atoms with E-state index in [-0.39, 0.29) is 55.1 Å². The van der Waals surface area contributed by atoms with Gasteiger partial charge in [-0.3, -0.25) is 24.0 Å². The van der Waals surface area contributed by atoms with Crippen LogP contribution in [0.2, 0.25) is 0 Å². The van der Waals surface area contributed by atoms with Gasteiger partial charge < -0.3 is 25.2 Å². The highest BCUT2D eigenvalue weighted by Gasteiger charge is 2.47. The quantitative estimate of drug-likeness (QED) is 0.150. The number of ketones is 4. The fourth-order valence-electron chi connectivity index (χ4n) is 7.99. The molecule has 1 aromatic carbocycles. The van der Waals surface area contributed by atoms with Gasteiger partial charge >= 0.3 is 12.1 Å². The van der Waals surface area contributed by atoms with Gasteiger partial charge in [-0.05, 0) is 60.5 Å². The van der Waals surface area contributed by atoms with Crippen molar-refractivity contribution in [1.82, 2.24) is 20.4 Å². The molecule has 12 nitrogen and oxygen atoms in total. The van der Waals surface area contributed by atoms with Gasteiger partial charge in [0, 0.05) is 44.2 Å². The van der Waals surface area contributed by atoms with Crippen LogP contribution in [-0.4, -0.2) is 88.3 Å². The smallest absolute Gasteiger partial charge is 0.410 e. The van der Waals surface area contributed by atoms with Crippen LogP contribution in [0.15, 0.2) is 36.9 Å². The molecule has 300 valence electrons. The number of carbonyl (C=O) groups excluding carboxylic acids is 7. The van der Waals surface area contributed by atoms with Crippen LogP contribution in [-0.2, 0) is 41.7 Å². The van der Waals surface area contributed by atoms with E-state index in [9.17, 15) is 33.6 Å². The Hall–Kier alpha value is -4.35. The molecule has 0 spiro atoms. The van der Waals surface area contributed by atoms with Crippen LogP contribution < -0.4 is 10.6 Å². The van der Waals surface area contributed by atoms with Crippen molar-refractivity contribution in [2.24, 2.45) is 29.1 Å². The average molecular weight is 761 g/mol. The predicted molar refractivity (Wildman–Crippen MR) is 207 cm³/mol. The molecular weight excluding hydrogens is 700 g/mol. The number of rotatable bonds is 17. The van der Waals surface area contributed by atoms with Gasteiger partial charge in [0.05, 0.1) is 18.6 Å². The van der Waals surface area contributed by atoms with Crippen LogP contribution in [0.25, 0.3) is 0 Å². The number of amides is 4. The molecule has 1 unspecified atom stereocenters. The molecule has 5 rings (SSSR count). The normalized spacial score (nSPS) is 21.4. The van der Waals surface area contributed by atoms with Gasteiger partial charge in [0.1, 0.15) is 12.1 Å². The first-order valence-electron chi connectivity index (χ1n) is 20.2. The number of allylic oxidation sites excluding steroid dienone is 1. The van der Waals surface area contributed by atoms with Crippen LogP contribution in [0, 0.1) is 29.1 Å². The van der Waals surface area contributed by atoms with E-state index in [1.807, 2.05) is 38.1 Å². The number of carbonyl (C=O) groups is 7. The Labute approximate surface area is 325 Å². The Morgan fingerprint density at radius 2 is 1.67 bits per heavy atom. The average Bonchev–Trinajstić information content (AvgIpc) is 3.90. The predicted octanol–water partition coefficient (Wildman–Crippen LogP) is 5.74. The largest absolute Gasteiger partial charge is 0.444 e. The van der Waals surface area contributed by atoms with Crippen molar-refractivity contribution < 1.29 is 38.3 Å². The maximum atomic E-state index is 14.6. The molecule has 2 N–H and O–H groups in total. The van der Waals surface area contributed by atoms with E-state index in [4.69, 9.17) is 4.74 Å². The summed E-state index contributed by atoms with van der Waals surface area (Å²) in [6.07, 6.45) is 5.96. The summed E-state index contributed by atoms with van der Waals surface area (Å²) in [5, 5.41) is 5.62. The number of benzene rings is 1. The SMILES string of the molecule is C=CCCC(=O)C(=O)C(CC(=O)[C@@H]1C[C@@H](OC(=O)N2CCc3ccccc3C2)CN1C(=O)[C@@H](NC(=O)N[C@H](C(=O)C1CC1)C(C)C)C(C)(C)C)CC1CCC1. The van der Waals surface area contributed by atoms with Crippen LogP contribution >= 0.6 is 0 Å². The van der Waals surface area contributed by atoms with Crippen LogP contribution in [0.1, 0.15) is 110 Å². The topological polar surface area (TPSA) is 159 Å². The monoisotopic (exact) mass is 760 g/mol. The van der Waals surface area contributed by atoms with Crippen molar-refractivity contribution in [2.75, 3.05) is 13.1 Å². The number of ether oxygens (including phenoxy) is 1. The Kier molecular flexibility index (Phi) is 13.7. The van der Waals surface area contributed by atoms with Gasteiger partial charge in [-0.2, -0.15) is 0 Å². The zero-order valence-corrected chi connectivity index (χ0v) is 33.3. The summed E-state index contributed by atoms with van der Waals surface area (Å²) in [6.45, 7) is 13.5. The molecule has 1 saturated heterocycles. The Morgan fingerprint density at radius 3 is 2.27 bits per heavy atom. The molecule has 0 bridgehead atoms. The molecule has 12 heteroatoms.